The zero-order chi connectivity index (χ0) is 17.2. The third-order valence-electron chi connectivity index (χ3n) is 4.19. The zero-order valence-corrected chi connectivity index (χ0v) is 17.6. The second-order valence-electron chi connectivity index (χ2n) is 6.20. The van der Waals surface area contributed by atoms with E-state index in [1.807, 2.05) is 0 Å². The Labute approximate surface area is 163 Å². The van der Waals surface area contributed by atoms with Crippen molar-refractivity contribution in [1.29, 1.82) is 0 Å². The van der Waals surface area contributed by atoms with Gasteiger partial charge < -0.3 is 0 Å². The molecule has 0 atom stereocenters. The van der Waals surface area contributed by atoms with Gasteiger partial charge in [0.2, 0.25) is 0 Å². The van der Waals surface area contributed by atoms with Crippen LogP contribution in [-0.2, 0) is 0 Å². The number of hydrogen-bond acceptors (Lipinski definition) is 0. The standard InChI is InChI=1S/C22H26Br2/c1-2-3-4-5-6-7-8-9-10-19-17-21(24)15-16-22(19)18-11-13-20(23)14-12-18/h9-17H,2-8H2,1H3. The quantitative estimate of drug-likeness (QED) is 0.336. The van der Waals surface area contributed by atoms with Crippen molar-refractivity contribution in [2.45, 2.75) is 51.9 Å². The summed E-state index contributed by atoms with van der Waals surface area (Å²) in [4.78, 5) is 0. The monoisotopic (exact) mass is 448 g/mol. The van der Waals surface area contributed by atoms with Crippen LogP contribution in [0.15, 0.2) is 57.5 Å². The average molecular weight is 450 g/mol. The van der Waals surface area contributed by atoms with Gasteiger partial charge in [-0.15, -0.1) is 0 Å². The SMILES string of the molecule is CCCCCCCCC=Cc1cc(Br)ccc1-c1ccc(Br)cc1. The summed E-state index contributed by atoms with van der Waals surface area (Å²) in [7, 11) is 0. The molecule has 2 heteroatoms. The molecule has 0 aliphatic heterocycles. The van der Waals surface area contributed by atoms with Gasteiger partial charge in [0, 0.05) is 8.95 Å². The van der Waals surface area contributed by atoms with Crippen LogP contribution < -0.4 is 0 Å². The molecular formula is C22H26Br2. The van der Waals surface area contributed by atoms with Gasteiger partial charge >= 0.3 is 0 Å². The average Bonchev–Trinajstić information content (AvgIpc) is 2.58. The molecule has 0 aromatic heterocycles. The Bertz CT molecular complexity index is 642. The maximum Gasteiger partial charge on any atom is 0.0181 e. The number of rotatable bonds is 9. The second-order valence-corrected chi connectivity index (χ2v) is 8.03. The number of unbranched alkanes of at least 4 members (excludes halogenated alkanes) is 6. The van der Waals surface area contributed by atoms with E-state index >= 15 is 0 Å². The number of benzene rings is 2. The minimum atomic E-state index is 1.11. The molecule has 2 aromatic rings. The Morgan fingerprint density at radius 2 is 1.46 bits per heavy atom. The largest absolute Gasteiger partial charge is 0.0839 e. The van der Waals surface area contributed by atoms with E-state index in [4.69, 9.17) is 0 Å². The lowest BCUT2D eigenvalue weighted by atomic mass is 9.99. The predicted molar refractivity (Wildman–Crippen MR) is 114 cm³/mol. The highest BCUT2D eigenvalue weighted by molar-refractivity contribution is 9.10. The van der Waals surface area contributed by atoms with E-state index in [0.717, 1.165) is 8.95 Å². The molecule has 2 aromatic carbocycles. The third kappa shape index (κ3) is 6.57. The van der Waals surface area contributed by atoms with Gasteiger partial charge in [-0.25, -0.2) is 0 Å². The van der Waals surface area contributed by atoms with Crippen molar-refractivity contribution >= 4 is 37.9 Å². The highest BCUT2D eigenvalue weighted by atomic mass is 79.9. The van der Waals surface area contributed by atoms with Gasteiger partial charge in [0.1, 0.15) is 0 Å². The summed E-state index contributed by atoms with van der Waals surface area (Å²) >= 11 is 7.11. The van der Waals surface area contributed by atoms with Crippen LogP contribution in [0.5, 0.6) is 0 Å². The van der Waals surface area contributed by atoms with Crippen LogP contribution in [0.4, 0.5) is 0 Å². The Morgan fingerprint density at radius 1 is 0.792 bits per heavy atom. The number of hydrogen-bond donors (Lipinski definition) is 0. The van der Waals surface area contributed by atoms with E-state index in [1.165, 1.54) is 61.6 Å². The van der Waals surface area contributed by atoms with Crippen LogP contribution in [0.2, 0.25) is 0 Å². The summed E-state index contributed by atoms with van der Waals surface area (Å²) in [5, 5.41) is 0. The Kier molecular flexibility index (Phi) is 8.83. The molecule has 0 amide bonds. The van der Waals surface area contributed by atoms with Gasteiger partial charge in [-0.2, -0.15) is 0 Å². The second kappa shape index (κ2) is 10.9. The molecule has 0 bridgehead atoms. The summed E-state index contributed by atoms with van der Waals surface area (Å²) in [5.41, 5.74) is 3.81. The zero-order valence-electron chi connectivity index (χ0n) is 14.4. The molecule has 24 heavy (non-hydrogen) atoms. The van der Waals surface area contributed by atoms with Crippen LogP contribution in [0.1, 0.15) is 57.4 Å². The summed E-state index contributed by atoms with van der Waals surface area (Å²) in [6.45, 7) is 2.27. The lowest BCUT2D eigenvalue weighted by Crippen LogP contribution is -1.84. The molecule has 0 N–H and O–H groups in total. The topological polar surface area (TPSA) is 0 Å². The molecule has 0 unspecified atom stereocenters. The fourth-order valence-electron chi connectivity index (χ4n) is 2.82. The highest BCUT2D eigenvalue weighted by Gasteiger charge is 2.03. The predicted octanol–water partition coefficient (Wildman–Crippen LogP) is 8.64. The fourth-order valence-corrected chi connectivity index (χ4v) is 3.46. The molecule has 0 spiro atoms. The summed E-state index contributed by atoms with van der Waals surface area (Å²) in [6.07, 6.45) is 13.9. The van der Waals surface area contributed by atoms with Crippen LogP contribution in [-0.4, -0.2) is 0 Å². The first-order valence-corrected chi connectivity index (χ1v) is 10.5. The first-order valence-electron chi connectivity index (χ1n) is 8.92. The van der Waals surface area contributed by atoms with Gasteiger partial charge in [-0.1, -0.05) is 101 Å². The van der Waals surface area contributed by atoms with E-state index in [0.29, 0.717) is 0 Å². The van der Waals surface area contributed by atoms with Gasteiger partial charge in [-0.05, 0) is 53.8 Å². The summed E-state index contributed by atoms with van der Waals surface area (Å²) in [5.74, 6) is 0. The maximum absolute atomic E-state index is 3.60. The molecule has 0 aliphatic carbocycles. The van der Waals surface area contributed by atoms with E-state index in [9.17, 15) is 0 Å². The fraction of sp³-hybridized carbons (Fsp3) is 0.364. The van der Waals surface area contributed by atoms with Gasteiger partial charge in [-0.3, -0.25) is 0 Å². The molecule has 0 aliphatic rings. The van der Waals surface area contributed by atoms with E-state index in [1.54, 1.807) is 0 Å². The van der Waals surface area contributed by atoms with Crippen LogP contribution in [0, 0.1) is 0 Å². The Hall–Kier alpha value is -0.860. The van der Waals surface area contributed by atoms with Crippen molar-refractivity contribution in [3.05, 3.63) is 63.0 Å². The van der Waals surface area contributed by atoms with E-state index in [-0.39, 0.29) is 0 Å². The van der Waals surface area contributed by atoms with Gasteiger partial charge in [0.15, 0.2) is 0 Å². The molecule has 0 radical (unpaired) electrons. The number of allylic oxidation sites excluding steroid dienone is 1. The summed E-state index contributed by atoms with van der Waals surface area (Å²) in [6, 6.07) is 15.0. The lowest BCUT2D eigenvalue weighted by Gasteiger charge is -2.08. The maximum atomic E-state index is 3.60. The van der Waals surface area contributed by atoms with E-state index < -0.39 is 0 Å². The minimum absolute atomic E-state index is 1.11. The van der Waals surface area contributed by atoms with Gasteiger partial charge in [0.05, 0.1) is 0 Å². The molecule has 0 saturated carbocycles. The van der Waals surface area contributed by atoms with E-state index in [2.05, 4.69) is 93.4 Å². The molecule has 2 rings (SSSR count). The molecule has 0 fully saturated rings. The molecule has 0 nitrogen and oxygen atoms in total. The molecule has 0 saturated heterocycles. The van der Waals surface area contributed by atoms with Gasteiger partial charge in [0.25, 0.3) is 0 Å². The first kappa shape index (κ1) is 19.5. The van der Waals surface area contributed by atoms with Crippen molar-refractivity contribution < 1.29 is 0 Å². The Balaban J connectivity index is 1.97. The van der Waals surface area contributed by atoms with Crippen LogP contribution in [0.25, 0.3) is 17.2 Å². The van der Waals surface area contributed by atoms with Crippen molar-refractivity contribution in [3.8, 4) is 11.1 Å². The minimum Gasteiger partial charge on any atom is -0.0839 e. The first-order chi connectivity index (χ1) is 11.7. The molecule has 128 valence electrons. The molecule has 0 heterocycles. The third-order valence-corrected chi connectivity index (χ3v) is 5.21. The smallest absolute Gasteiger partial charge is 0.0181 e. The lowest BCUT2D eigenvalue weighted by molar-refractivity contribution is 0.611. The Morgan fingerprint density at radius 3 is 2.21 bits per heavy atom. The highest BCUT2D eigenvalue weighted by Crippen LogP contribution is 2.29. The van der Waals surface area contributed by atoms with Crippen molar-refractivity contribution in [2.24, 2.45) is 0 Å². The normalized spacial score (nSPS) is 11.3. The van der Waals surface area contributed by atoms with Crippen LogP contribution in [0.3, 0.4) is 0 Å². The van der Waals surface area contributed by atoms with Crippen molar-refractivity contribution in [3.63, 3.8) is 0 Å². The van der Waals surface area contributed by atoms with Crippen molar-refractivity contribution in [1.82, 2.24) is 0 Å². The number of halogens is 2. The molecular weight excluding hydrogens is 424 g/mol. The van der Waals surface area contributed by atoms with Crippen molar-refractivity contribution in [2.75, 3.05) is 0 Å². The summed E-state index contributed by atoms with van der Waals surface area (Å²) < 4.78 is 2.24. The van der Waals surface area contributed by atoms with Crippen LogP contribution >= 0.6 is 31.9 Å².